The minimum absolute atomic E-state index is 0. The zero-order valence-electron chi connectivity index (χ0n) is 10.5. The lowest BCUT2D eigenvalue weighted by Gasteiger charge is -2.35. The van der Waals surface area contributed by atoms with Gasteiger partial charge in [-0.15, -0.1) is 12.4 Å². The van der Waals surface area contributed by atoms with Crippen LogP contribution in [0.2, 0.25) is 0 Å². The number of halogens is 1. The van der Waals surface area contributed by atoms with Gasteiger partial charge in [-0.05, 0) is 27.9 Å². The van der Waals surface area contributed by atoms with Crippen LogP contribution < -0.4 is 5.32 Å². The first-order chi connectivity index (χ1) is 6.66. The summed E-state index contributed by atoms with van der Waals surface area (Å²) in [6.07, 6.45) is 0. The summed E-state index contributed by atoms with van der Waals surface area (Å²) in [4.78, 5) is 0. The largest absolute Gasteiger partial charge is 0.391 e. The van der Waals surface area contributed by atoms with Crippen LogP contribution >= 0.6 is 12.4 Å². The molecule has 0 aliphatic carbocycles. The Labute approximate surface area is 100 Å². The maximum Gasteiger partial charge on any atom is 0.102 e. The van der Waals surface area contributed by atoms with Gasteiger partial charge < -0.3 is 20.0 Å². The van der Waals surface area contributed by atoms with E-state index in [1.807, 2.05) is 14.1 Å². The Morgan fingerprint density at radius 3 is 1.33 bits per heavy atom. The fraction of sp³-hybridized carbons (Fsp3) is 1.00. The number of rotatable bonds is 6. The second-order valence-corrected chi connectivity index (χ2v) is 3.37. The molecule has 0 fully saturated rings. The van der Waals surface area contributed by atoms with Crippen molar-refractivity contribution in [3.05, 3.63) is 0 Å². The average molecular weight is 244 g/mol. The van der Waals surface area contributed by atoms with E-state index in [4.69, 9.17) is 10.2 Å². The molecule has 5 heteroatoms. The predicted molar refractivity (Wildman–Crippen MR) is 67.5 cm³/mol. The highest BCUT2D eigenvalue weighted by Gasteiger charge is 2.20. The van der Waals surface area contributed by atoms with E-state index >= 15 is 0 Å². The molecule has 0 rings (SSSR count). The quantitative estimate of drug-likeness (QED) is 0.580. The minimum atomic E-state index is 0. The van der Waals surface area contributed by atoms with Gasteiger partial charge in [-0.1, -0.05) is 0 Å². The molecule has 0 bridgehead atoms. The van der Waals surface area contributed by atoms with Crippen molar-refractivity contribution in [2.24, 2.45) is 0 Å². The summed E-state index contributed by atoms with van der Waals surface area (Å²) in [6, 6.07) is 0. The maximum atomic E-state index is 8.79. The topological polar surface area (TPSA) is 52.5 Å². The monoisotopic (exact) mass is 243 g/mol. The van der Waals surface area contributed by atoms with Gasteiger partial charge in [0, 0.05) is 0 Å². The Balaban J connectivity index is -0.000000320. The first-order valence-corrected chi connectivity index (χ1v) is 5.31. The third kappa shape index (κ3) is 10.4. The molecule has 0 aliphatic heterocycles. The molecule has 96 valence electrons. The normalized spacial score (nSPS) is 10.0. The summed E-state index contributed by atoms with van der Waals surface area (Å²) >= 11 is 0. The van der Waals surface area contributed by atoms with Gasteiger partial charge in [0.1, 0.15) is 13.1 Å². The van der Waals surface area contributed by atoms with Crippen molar-refractivity contribution in [3.8, 4) is 0 Å². The Hall–Kier alpha value is 0.130. The predicted octanol–water partition coefficient (Wildman–Crippen LogP) is 0.0850. The molecule has 0 saturated carbocycles. The Bertz CT molecular complexity index is 104. The first kappa shape index (κ1) is 20.5. The number of aliphatic hydroxyl groups is 2. The first-order valence-electron chi connectivity index (χ1n) is 5.31. The van der Waals surface area contributed by atoms with Gasteiger partial charge in [-0.3, -0.25) is 0 Å². The molecule has 0 spiro atoms. The van der Waals surface area contributed by atoms with Gasteiger partial charge in [0.15, 0.2) is 0 Å². The van der Waals surface area contributed by atoms with Crippen molar-refractivity contribution in [2.75, 3.05) is 53.5 Å². The van der Waals surface area contributed by atoms with Gasteiger partial charge in [0.2, 0.25) is 0 Å². The third-order valence-electron chi connectivity index (χ3n) is 2.49. The van der Waals surface area contributed by atoms with E-state index < -0.39 is 0 Å². The lowest BCUT2D eigenvalue weighted by molar-refractivity contribution is -0.925. The molecule has 15 heavy (non-hydrogen) atoms. The van der Waals surface area contributed by atoms with Crippen molar-refractivity contribution in [2.45, 2.75) is 13.8 Å². The highest BCUT2D eigenvalue weighted by atomic mass is 35.5. The van der Waals surface area contributed by atoms with Crippen LogP contribution in [0.25, 0.3) is 0 Å². The van der Waals surface area contributed by atoms with Crippen molar-refractivity contribution < 1.29 is 14.7 Å². The van der Waals surface area contributed by atoms with Crippen LogP contribution in [-0.4, -0.2) is 68.2 Å². The molecule has 0 aromatic rings. The van der Waals surface area contributed by atoms with Crippen LogP contribution in [0.15, 0.2) is 0 Å². The Kier molecular flexibility index (Phi) is 19.3. The van der Waals surface area contributed by atoms with E-state index in [0.29, 0.717) is 0 Å². The minimum Gasteiger partial charge on any atom is -0.391 e. The molecule has 0 saturated heterocycles. The van der Waals surface area contributed by atoms with Crippen LogP contribution in [0.5, 0.6) is 0 Å². The fourth-order valence-electron chi connectivity index (χ4n) is 1.39. The Morgan fingerprint density at radius 2 is 1.20 bits per heavy atom. The van der Waals surface area contributed by atoms with Crippen molar-refractivity contribution in [1.82, 2.24) is 5.32 Å². The fourth-order valence-corrected chi connectivity index (χ4v) is 1.39. The third-order valence-corrected chi connectivity index (χ3v) is 2.49. The number of hydrogen-bond donors (Lipinski definition) is 3. The number of nitrogens with one attached hydrogen (secondary N) is 1. The van der Waals surface area contributed by atoms with Crippen LogP contribution in [0, 0.1) is 0 Å². The standard InChI is InChI=1S/C8H20NO2.C2H7N.ClH/c1-3-9(4-2,5-7-10)6-8-11;1-3-2;/h10-11H,3-8H2,1-2H3;3H,1-2H3;1H/q+1;;. The van der Waals surface area contributed by atoms with E-state index in [1.165, 1.54) is 0 Å². The molecule has 0 aromatic carbocycles. The van der Waals surface area contributed by atoms with Crippen molar-refractivity contribution in [1.29, 1.82) is 0 Å². The van der Waals surface area contributed by atoms with Gasteiger partial charge in [0.05, 0.1) is 26.3 Å². The summed E-state index contributed by atoms with van der Waals surface area (Å²) in [6.45, 7) is 8.09. The lowest BCUT2D eigenvalue weighted by atomic mass is 10.3. The van der Waals surface area contributed by atoms with Crippen molar-refractivity contribution >= 4 is 12.4 Å². The van der Waals surface area contributed by atoms with Crippen LogP contribution in [0.1, 0.15) is 13.8 Å². The molecular weight excluding hydrogens is 216 g/mol. The van der Waals surface area contributed by atoms with E-state index in [2.05, 4.69) is 19.2 Å². The number of hydrogen-bond acceptors (Lipinski definition) is 3. The molecule has 4 nitrogen and oxygen atoms in total. The van der Waals surface area contributed by atoms with Crippen LogP contribution in [-0.2, 0) is 0 Å². The number of likely N-dealkylation sites (N-methyl/N-ethyl adjacent to an activating group) is 1. The summed E-state index contributed by atoms with van der Waals surface area (Å²) in [5, 5.41) is 20.3. The summed E-state index contributed by atoms with van der Waals surface area (Å²) in [5.41, 5.74) is 0. The SMILES string of the molecule is CC[N+](CC)(CCO)CCO.CNC.Cl. The summed E-state index contributed by atoms with van der Waals surface area (Å²) in [7, 11) is 3.75. The Morgan fingerprint density at radius 1 is 0.933 bits per heavy atom. The molecule has 0 aliphatic rings. The highest BCUT2D eigenvalue weighted by Crippen LogP contribution is 2.03. The number of nitrogens with zero attached hydrogens (tertiary/aromatic N) is 1. The molecule has 0 unspecified atom stereocenters. The van der Waals surface area contributed by atoms with Crippen LogP contribution in [0.3, 0.4) is 0 Å². The maximum absolute atomic E-state index is 8.79. The molecule has 0 amide bonds. The molecular formula is C10H28ClN2O2+. The van der Waals surface area contributed by atoms with Gasteiger partial charge in [-0.25, -0.2) is 0 Å². The number of quaternary nitrogens is 1. The van der Waals surface area contributed by atoms with Gasteiger partial charge in [0.25, 0.3) is 0 Å². The smallest absolute Gasteiger partial charge is 0.102 e. The lowest BCUT2D eigenvalue weighted by Crippen LogP contribution is -2.51. The highest BCUT2D eigenvalue weighted by molar-refractivity contribution is 5.85. The zero-order chi connectivity index (χ0) is 11.4. The van der Waals surface area contributed by atoms with E-state index in [1.54, 1.807) is 0 Å². The van der Waals surface area contributed by atoms with Crippen LogP contribution in [0.4, 0.5) is 0 Å². The van der Waals surface area contributed by atoms with Gasteiger partial charge in [-0.2, -0.15) is 0 Å². The molecule has 0 aromatic heterocycles. The molecule has 0 heterocycles. The summed E-state index contributed by atoms with van der Waals surface area (Å²) < 4.78 is 0.826. The van der Waals surface area contributed by atoms with Crippen molar-refractivity contribution in [3.63, 3.8) is 0 Å². The second-order valence-electron chi connectivity index (χ2n) is 3.37. The van der Waals surface area contributed by atoms with E-state index in [9.17, 15) is 0 Å². The van der Waals surface area contributed by atoms with Gasteiger partial charge >= 0.3 is 0 Å². The van der Waals surface area contributed by atoms with E-state index in [-0.39, 0.29) is 25.6 Å². The van der Waals surface area contributed by atoms with E-state index in [0.717, 1.165) is 30.7 Å². The number of aliphatic hydroxyl groups excluding tert-OH is 2. The second kappa shape index (κ2) is 14.1. The zero-order valence-corrected chi connectivity index (χ0v) is 11.3. The molecule has 3 N–H and O–H groups in total. The molecule has 0 radical (unpaired) electrons. The average Bonchev–Trinajstić information content (AvgIpc) is 2.19. The molecule has 0 atom stereocenters. The summed E-state index contributed by atoms with van der Waals surface area (Å²) in [5.74, 6) is 0.